The van der Waals surface area contributed by atoms with Gasteiger partial charge in [0.25, 0.3) is 0 Å². The fraction of sp³-hybridized carbons (Fsp3) is 0.250. The molecule has 0 spiro atoms. The van der Waals surface area contributed by atoms with E-state index >= 15 is 0 Å². The molecule has 0 saturated heterocycles. The summed E-state index contributed by atoms with van der Waals surface area (Å²) in [7, 11) is 0. The first-order chi connectivity index (χ1) is 10.6. The van der Waals surface area contributed by atoms with Gasteiger partial charge in [0, 0.05) is 11.0 Å². The van der Waals surface area contributed by atoms with E-state index in [0.717, 1.165) is 45.6 Å². The lowest BCUT2D eigenvalue weighted by Crippen LogP contribution is -2.30. The van der Waals surface area contributed by atoms with Crippen LogP contribution in [0, 0.1) is 0 Å². The molecule has 2 aromatic rings. The monoisotopic (exact) mass is 363 g/mol. The lowest BCUT2D eigenvalue weighted by atomic mass is 9.89. The molecular formula is C16H14BrNO4. The summed E-state index contributed by atoms with van der Waals surface area (Å²) in [5.74, 6) is 1.25. The Labute approximate surface area is 135 Å². The van der Waals surface area contributed by atoms with Gasteiger partial charge in [-0.1, -0.05) is 15.9 Å². The number of rotatable bonds is 1. The molecule has 5 nitrogen and oxygen atoms in total. The quantitative estimate of drug-likeness (QED) is 0.679. The van der Waals surface area contributed by atoms with Crippen molar-refractivity contribution in [2.45, 2.75) is 12.5 Å². The molecule has 1 atom stereocenters. The Bertz CT molecular complexity index is 762. The maximum absolute atomic E-state index is 9.83. The van der Waals surface area contributed by atoms with Gasteiger partial charge in [-0.05, 0) is 47.4 Å². The average molecular weight is 364 g/mol. The number of phenolic OH excluding ortho intramolecular Hbond substituents is 2. The van der Waals surface area contributed by atoms with Gasteiger partial charge in [0.1, 0.15) is 0 Å². The van der Waals surface area contributed by atoms with Crippen LogP contribution in [0.3, 0.4) is 0 Å². The van der Waals surface area contributed by atoms with Gasteiger partial charge >= 0.3 is 0 Å². The molecule has 1 unspecified atom stereocenters. The first kappa shape index (κ1) is 13.7. The fourth-order valence-electron chi connectivity index (χ4n) is 3.01. The van der Waals surface area contributed by atoms with Crippen LogP contribution < -0.4 is 14.8 Å². The number of hydrogen-bond acceptors (Lipinski definition) is 5. The summed E-state index contributed by atoms with van der Waals surface area (Å²) in [5.41, 5.74) is 3.00. The molecule has 3 N–H and O–H groups in total. The second-order valence-corrected chi connectivity index (χ2v) is 6.26. The highest BCUT2D eigenvalue weighted by atomic mass is 79.9. The molecule has 0 amide bonds. The van der Waals surface area contributed by atoms with Crippen LogP contribution in [0.5, 0.6) is 23.0 Å². The highest BCUT2D eigenvalue weighted by Crippen LogP contribution is 2.43. The largest absolute Gasteiger partial charge is 0.504 e. The highest BCUT2D eigenvalue weighted by molar-refractivity contribution is 9.10. The standard InChI is InChI=1S/C16H14BrNO4/c17-11-6-15-14(21-7-22-15)5-10(11)16-9-4-13(20)12(19)3-8(9)1-2-18-16/h3-6,16,18-20H,1-2,7H2. The van der Waals surface area contributed by atoms with Gasteiger partial charge in [-0.25, -0.2) is 0 Å². The summed E-state index contributed by atoms with van der Waals surface area (Å²) in [6.45, 7) is 1.03. The molecule has 2 aliphatic rings. The summed E-state index contributed by atoms with van der Waals surface area (Å²) in [4.78, 5) is 0. The van der Waals surface area contributed by atoms with E-state index in [-0.39, 0.29) is 24.3 Å². The molecule has 0 bridgehead atoms. The molecule has 2 heterocycles. The van der Waals surface area contributed by atoms with Gasteiger partial charge in [-0.3, -0.25) is 0 Å². The molecule has 0 saturated carbocycles. The molecule has 4 rings (SSSR count). The van der Waals surface area contributed by atoms with Gasteiger partial charge in [0.2, 0.25) is 6.79 Å². The topological polar surface area (TPSA) is 71.0 Å². The van der Waals surface area contributed by atoms with Gasteiger partial charge in [0.15, 0.2) is 23.0 Å². The number of ether oxygens (including phenoxy) is 2. The van der Waals surface area contributed by atoms with Crippen LogP contribution in [-0.4, -0.2) is 23.6 Å². The van der Waals surface area contributed by atoms with Gasteiger partial charge in [-0.2, -0.15) is 0 Å². The summed E-state index contributed by atoms with van der Waals surface area (Å²) in [6, 6.07) is 7.02. The molecule has 22 heavy (non-hydrogen) atoms. The molecule has 0 aromatic heterocycles. The van der Waals surface area contributed by atoms with E-state index in [1.165, 1.54) is 0 Å². The Morgan fingerprint density at radius 3 is 2.55 bits per heavy atom. The Balaban J connectivity index is 1.84. The maximum atomic E-state index is 9.83. The summed E-state index contributed by atoms with van der Waals surface area (Å²) >= 11 is 3.58. The normalized spacial score (nSPS) is 19.0. The molecule has 2 aromatic carbocycles. The maximum Gasteiger partial charge on any atom is 0.231 e. The molecule has 0 fully saturated rings. The summed E-state index contributed by atoms with van der Waals surface area (Å²) < 4.78 is 11.7. The smallest absolute Gasteiger partial charge is 0.231 e. The molecular weight excluding hydrogens is 350 g/mol. The van der Waals surface area contributed by atoms with Crippen LogP contribution in [0.2, 0.25) is 0 Å². The van der Waals surface area contributed by atoms with Crippen molar-refractivity contribution in [2.24, 2.45) is 0 Å². The van der Waals surface area contributed by atoms with Crippen molar-refractivity contribution in [1.29, 1.82) is 0 Å². The number of halogens is 1. The second kappa shape index (κ2) is 5.07. The lowest BCUT2D eigenvalue weighted by Gasteiger charge is -2.28. The van der Waals surface area contributed by atoms with E-state index in [1.54, 1.807) is 12.1 Å². The van der Waals surface area contributed by atoms with Crippen molar-refractivity contribution in [2.75, 3.05) is 13.3 Å². The Kier molecular flexibility index (Phi) is 3.16. The van der Waals surface area contributed by atoms with Crippen molar-refractivity contribution < 1.29 is 19.7 Å². The van der Waals surface area contributed by atoms with Crippen molar-refractivity contribution >= 4 is 15.9 Å². The number of phenols is 2. The van der Waals surface area contributed by atoms with E-state index in [1.807, 2.05) is 12.1 Å². The minimum absolute atomic E-state index is 0.0795. The number of nitrogens with one attached hydrogen (secondary N) is 1. The van der Waals surface area contributed by atoms with Crippen molar-refractivity contribution in [3.8, 4) is 23.0 Å². The third-order valence-electron chi connectivity index (χ3n) is 4.09. The number of aromatic hydroxyl groups is 2. The third kappa shape index (κ3) is 2.10. The first-order valence-corrected chi connectivity index (χ1v) is 7.80. The van der Waals surface area contributed by atoms with E-state index in [4.69, 9.17) is 9.47 Å². The summed E-state index contributed by atoms with van der Waals surface area (Å²) in [6.07, 6.45) is 0.807. The molecule has 114 valence electrons. The van der Waals surface area contributed by atoms with Crippen molar-refractivity contribution in [1.82, 2.24) is 5.32 Å². The zero-order chi connectivity index (χ0) is 15.3. The zero-order valence-corrected chi connectivity index (χ0v) is 13.2. The van der Waals surface area contributed by atoms with Crippen LogP contribution in [0.25, 0.3) is 0 Å². The fourth-order valence-corrected chi connectivity index (χ4v) is 3.57. The van der Waals surface area contributed by atoms with Crippen LogP contribution >= 0.6 is 15.9 Å². The van der Waals surface area contributed by atoms with Crippen LogP contribution in [0.15, 0.2) is 28.7 Å². The SMILES string of the molecule is Oc1cc2c(cc1O)C(c1cc3c(cc1Br)OCO3)NCC2. The number of hydrogen-bond donors (Lipinski definition) is 3. The van der Waals surface area contributed by atoms with Crippen molar-refractivity contribution in [3.05, 3.63) is 45.4 Å². The second-order valence-electron chi connectivity index (χ2n) is 5.40. The number of benzene rings is 2. The van der Waals surface area contributed by atoms with Gasteiger partial charge in [0.05, 0.1) is 6.04 Å². The zero-order valence-electron chi connectivity index (χ0n) is 11.6. The van der Waals surface area contributed by atoms with Crippen LogP contribution in [0.4, 0.5) is 0 Å². The van der Waals surface area contributed by atoms with Gasteiger partial charge in [-0.15, -0.1) is 0 Å². The predicted octanol–water partition coefficient (Wildman–Crippen LogP) is 2.82. The Hall–Kier alpha value is -1.92. The van der Waals surface area contributed by atoms with Gasteiger partial charge < -0.3 is 25.0 Å². The average Bonchev–Trinajstić information content (AvgIpc) is 2.94. The van der Waals surface area contributed by atoms with E-state index < -0.39 is 0 Å². The Morgan fingerprint density at radius 2 is 1.73 bits per heavy atom. The minimum Gasteiger partial charge on any atom is -0.504 e. The predicted molar refractivity (Wildman–Crippen MR) is 83.6 cm³/mol. The molecule has 6 heteroatoms. The highest BCUT2D eigenvalue weighted by Gasteiger charge is 2.27. The molecule has 0 radical (unpaired) electrons. The van der Waals surface area contributed by atoms with Crippen molar-refractivity contribution in [3.63, 3.8) is 0 Å². The number of fused-ring (bicyclic) bond motifs is 2. The Morgan fingerprint density at radius 1 is 1.00 bits per heavy atom. The van der Waals surface area contributed by atoms with Crippen LogP contribution in [0.1, 0.15) is 22.7 Å². The van der Waals surface area contributed by atoms with E-state index in [9.17, 15) is 10.2 Å². The van der Waals surface area contributed by atoms with E-state index in [0.29, 0.717) is 0 Å². The molecule has 2 aliphatic heterocycles. The van der Waals surface area contributed by atoms with Crippen LogP contribution in [-0.2, 0) is 6.42 Å². The van der Waals surface area contributed by atoms with E-state index in [2.05, 4.69) is 21.2 Å². The lowest BCUT2D eigenvalue weighted by molar-refractivity contribution is 0.174. The minimum atomic E-state index is -0.107. The summed E-state index contributed by atoms with van der Waals surface area (Å²) in [5, 5.41) is 23.0. The first-order valence-electron chi connectivity index (χ1n) is 7.00. The third-order valence-corrected chi connectivity index (χ3v) is 4.78. The molecule has 0 aliphatic carbocycles.